The quantitative estimate of drug-likeness (QED) is 0.632. The van der Waals surface area contributed by atoms with Crippen LogP contribution in [0.3, 0.4) is 0 Å². The van der Waals surface area contributed by atoms with Gasteiger partial charge in [0, 0.05) is 5.41 Å². The third-order valence-electron chi connectivity index (χ3n) is 6.69. The molecule has 0 heterocycles. The summed E-state index contributed by atoms with van der Waals surface area (Å²) in [5.41, 5.74) is 4.17. The van der Waals surface area contributed by atoms with E-state index in [1.807, 2.05) is 0 Å². The molecule has 0 aromatic rings. The van der Waals surface area contributed by atoms with Gasteiger partial charge in [0.15, 0.2) is 5.78 Å². The Morgan fingerprint density at radius 2 is 2.05 bits per heavy atom. The van der Waals surface area contributed by atoms with Crippen molar-refractivity contribution < 1.29 is 4.79 Å². The van der Waals surface area contributed by atoms with Gasteiger partial charge in [-0.2, -0.15) is 0 Å². The Kier molecular flexibility index (Phi) is 2.04. The van der Waals surface area contributed by atoms with Gasteiger partial charge >= 0.3 is 0 Å². The van der Waals surface area contributed by atoms with E-state index in [-0.39, 0.29) is 10.8 Å². The third kappa shape index (κ3) is 1.20. The van der Waals surface area contributed by atoms with Gasteiger partial charge in [0.05, 0.1) is 0 Å². The van der Waals surface area contributed by atoms with Crippen molar-refractivity contribution in [3.63, 3.8) is 0 Å². The number of rotatable bonds is 0. The predicted octanol–water partition coefficient (Wildman–Crippen LogP) is 4.21. The average Bonchev–Trinajstić information content (AvgIpc) is 2.61. The molecule has 4 aliphatic rings. The summed E-state index contributed by atoms with van der Waals surface area (Å²) >= 11 is 0. The van der Waals surface area contributed by atoms with Crippen molar-refractivity contribution in [2.45, 2.75) is 46.5 Å². The molecule has 2 saturated carbocycles. The first-order chi connectivity index (χ1) is 8.96. The molecule has 4 rings (SSSR count). The SMILES string of the molecule is CC1=CC=C2C=C3C(=O)C4(C)CCC3C4(C)CC2C1. The van der Waals surface area contributed by atoms with Crippen molar-refractivity contribution in [2.24, 2.45) is 22.7 Å². The molecule has 4 unspecified atom stereocenters. The number of Topliss-reactive ketones (excluding diaryl/α,β-unsaturated/α-hetero) is 1. The first-order valence-corrected chi connectivity index (χ1v) is 7.59. The Balaban J connectivity index is 1.91. The lowest BCUT2D eigenvalue weighted by Gasteiger charge is -2.40. The summed E-state index contributed by atoms with van der Waals surface area (Å²) in [4.78, 5) is 12.8. The molecule has 0 aromatic carbocycles. The number of hydrogen-bond donors (Lipinski definition) is 0. The van der Waals surface area contributed by atoms with Gasteiger partial charge in [0.2, 0.25) is 0 Å². The number of ketones is 1. The van der Waals surface area contributed by atoms with Crippen LogP contribution in [0.5, 0.6) is 0 Å². The fourth-order valence-corrected chi connectivity index (χ4v) is 5.30. The normalized spacial score (nSPS) is 47.3. The van der Waals surface area contributed by atoms with Gasteiger partial charge in [-0.15, -0.1) is 0 Å². The zero-order valence-electron chi connectivity index (χ0n) is 12.1. The van der Waals surface area contributed by atoms with Gasteiger partial charge in [-0.05, 0) is 61.0 Å². The summed E-state index contributed by atoms with van der Waals surface area (Å²) < 4.78 is 0. The maximum Gasteiger partial charge on any atom is 0.165 e. The number of carbonyl (C=O) groups is 1. The number of hydrogen-bond acceptors (Lipinski definition) is 1. The minimum atomic E-state index is -0.0793. The summed E-state index contributed by atoms with van der Waals surface area (Å²) in [6, 6.07) is 0. The maximum atomic E-state index is 12.8. The van der Waals surface area contributed by atoms with Crippen LogP contribution in [0.4, 0.5) is 0 Å². The second-order valence-electron chi connectivity index (χ2n) is 7.55. The molecular formula is C18H22O. The van der Waals surface area contributed by atoms with Crippen molar-refractivity contribution in [2.75, 3.05) is 0 Å². The highest BCUT2D eigenvalue weighted by Gasteiger charge is 2.67. The summed E-state index contributed by atoms with van der Waals surface area (Å²) in [6.45, 7) is 6.85. The lowest BCUT2D eigenvalue weighted by atomic mass is 9.63. The van der Waals surface area contributed by atoms with Crippen LogP contribution in [0.15, 0.2) is 34.9 Å². The largest absolute Gasteiger partial charge is 0.294 e. The molecule has 0 spiro atoms. The van der Waals surface area contributed by atoms with E-state index in [4.69, 9.17) is 0 Å². The summed E-state index contributed by atoms with van der Waals surface area (Å²) in [6.07, 6.45) is 11.4. The summed E-state index contributed by atoms with van der Waals surface area (Å²) in [7, 11) is 0. The topological polar surface area (TPSA) is 17.1 Å². The number of fused-ring (bicyclic) bond motifs is 1. The summed E-state index contributed by atoms with van der Waals surface area (Å²) in [5, 5.41) is 0. The molecule has 0 saturated heterocycles. The predicted molar refractivity (Wildman–Crippen MR) is 76.6 cm³/mol. The molecule has 19 heavy (non-hydrogen) atoms. The fraction of sp³-hybridized carbons (Fsp3) is 0.611. The van der Waals surface area contributed by atoms with Crippen LogP contribution in [0.25, 0.3) is 0 Å². The van der Waals surface area contributed by atoms with E-state index in [9.17, 15) is 4.79 Å². The van der Waals surface area contributed by atoms with Crippen LogP contribution < -0.4 is 0 Å². The minimum Gasteiger partial charge on any atom is -0.294 e. The molecule has 0 N–H and O–H groups in total. The fourth-order valence-electron chi connectivity index (χ4n) is 5.30. The van der Waals surface area contributed by atoms with Crippen LogP contribution in [0, 0.1) is 22.7 Å². The molecule has 4 bridgehead atoms. The van der Waals surface area contributed by atoms with E-state index in [0.29, 0.717) is 17.6 Å². The molecule has 0 amide bonds. The van der Waals surface area contributed by atoms with Crippen LogP contribution in [-0.2, 0) is 4.79 Å². The molecule has 4 aliphatic carbocycles. The first-order valence-electron chi connectivity index (χ1n) is 7.59. The van der Waals surface area contributed by atoms with Crippen LogP contribution in [0.1, 0.15) is 46.5 Å². The molecular weight excluding hydrogens is 232 g/mol. The van der Waals surface area contributed by atoms with Gasteiger partial charge < -0.3 is 0 Å². The van der Waals surface area contributed by atoms with Crippen LogP contribution >= 0.6 is 0 Å². The number of carbonyl (C=O) groups excluding carboxylic acids is 1. The maximum absolute atomic E-state index is 12.8. The second-order valence-corrected chi connectivity index (χ2v) is 7.55. The van der Waals surface area contributed by atoms with E-state index in [0.717, 1.165) is 12.0 Å². The smallest absolute Gasteiger partial charge is 0.165 e. The van der Waals surface area contributed by atoms with E-state index >= 15 is 0 Å². The number of allylic oxidation sites excluding steroid dienone is 6. The van der Waals surface area contributed by atoms with Crippen LogP contribution in [0.2, 0.25) is 0 Å². The van der Waals surface area contributed by atoms with E-state index in [2.05, 4.69) is 39.0 Å². The molecule has 100 valence electrons. The zero-order valence-corrected chi connectivity index (χ0v) is 12.1. The Labute approximate surface area is 115 Å². The molecule has 0 aromatic heterocycles. The lowest BCUT2D eigenvalue weighted by Crippen LogP contribution is -2.37. The Hall–Kier alpha value is -1.11. The molecule has 2 fully saturated rings. The van der Waals surface area contributed by atoms with E-state index in [1.165, 1.54) is 30.4 Å². The highest BCUT2D eigenvalue weighted by Crippen LogP contribution is 2.69. The van der Waals surface area contributed by atoms with Gasteiger partial charge in [-0.25, -0.2) is 0 Å². The lowest BCUT2D eigenvalue weighted by molar-refractivity contribution is -0.126. The van der Waals surface area contributed by atoms with E-state index in [1.54, 1.807) is 0 Å². The van der Waals surface area contributed by atoms with Gasteiger partial charge in [0.25, 0.3) is 0 Å². The Bertz CT molecular complexity index is 576. The van der Waals surface area contributed by atoms with Crippen molar-refractivity contribution in [1.29, 1.82) is 0 Å². The zero-order chi connectivity index (χ0) is 13.4. The van der Waals surface area contributed by atoms with Crippen molar-refractivity contribution >= 4 is 5.78 Å². The molecule has 4 atom stereocenters. The van der Waals surface area contributed by atoms with Crippen molar-refractivity contribution in [1.82, 2.24) is 0 Å². The molecule has 1 nitrogen and oxygen atoms in total. The van der Waals surface area contributed by atoms with Gasteiger partial charge in [-0.3, -0.25) is 4.79 Å². The third-order valence-corrected chi connectivity index (χ3v) is 6.69. The average molecular weight is 254 g/mol. The Morgan fingerprint density at radius 3 is 2.84 bits per heavy atom. The van der Waals surface area contributed by atoms with Crippen molar-refractivity contribution in [3.05, 3.63) is 34.9 Å². The molecule has 1 heteroatoms. The van der Waals surface area contributed by atoms with Crippen molar-refractivity contribution in [3.8, 4) is 0 Å². The first kappa shape index (κ1) is 11.7. The second kappa shape index (κ2) is 3.31. The minimum absolute atomic E-state index is 0.0793. The highest BCUT2D eigenvalue weighted by atomic mass is 16.1. The highest BCUT2D eigenvalue weighted by molar-refractivity contribution is 6.05. The van der Waals surface area contributed by atoms with Crippen LogP contribution in [-0.4, -0.2) is 5.78 Å². The van der Waals surface area contributed by atoms with Gasteiger partial charge in [0.1, 0.15) is 0 Å². The Morgan fingerprint density at radius 1 is 1.26 bits per heavy atom. The van der Waals surface area contributed by atoms with Gasteiger partial charge in [-0.1, -0.05) is 37.6 Å². The standard InChI is InChI=1S/C18H22O/c1-11-4-5-12-9-14-15-6-7-17(2,16(14)19)18(15,3)10-13(12)8-11/h4-5,9,13,15H,6-8,10H2,1-3H3. The molecule has 0 radical (unpaired) electrons. The summed E-state index contributed by atoms with van der Waals surface area (Å²) in [5.74, 6) is 1.62. The van der Waals surface area contributed by atoms with E-state index < -0.39 is 0 Å². The monoisotopic (exact) mass is 254 g/mol. The molecule has 0 aliphatic heterocycles.